The van der Waals surface area contributed by atoms with Gasteiger partial charge in [-0.15, -0.1) is 0 Å². The summed E-state index contributed by atoms with van der Waals surface area (Å²) >= 11 is 3.38. The Morgan fingerprint density at radius 2 is 2.05 bits per heavy atom. The third-order valence-electron chi connectivity index (χ3n) is 2.93. The zero-order valence-electron chi connectivity index (χ0n) is 11.7. The molecule has 0 unspecified atom stereocenters. The third kappa shape index (κ3) is 4.23. The number of para-hydroxylation sites is 2. The van der Waals surface area contributed by atoms with E-state index in [-0.39, 0.29) is 5.91 Å². The fourth-order valence-electron chi connectivity index (χ4n) is 1.85. The Kier molecular flexibility index (Phi) is 5.22. The van der Waals surface area contributed by atoms with Crippen LogP contribution in [-0.2, 0) is 0 Å². The third-order valence-corrected chi connectivity index (χ3v) is 3.62. The molecule has 2 aromatic rings. The molecule has 110 valence electrons. The molecule has 0 aliphatic rings. The SMILES string of the molecule is Cc1ccc(Br)c(C(=O)NCCOc2ccccc2N)c1. The van der Waals surface area contributed by atoms with Gasteiger partial charge in [-0.3, -0.25) is 4.79 Å². The first-order valence-electron chi connectivity index (χ1n) is 6.59. The van der Waals surface area contributed by atoms with E-state index >= 15 is 0 Å². The van der Waals surface area contributed by atoms with Crippen LogP contribution in [0.25, 0.3) is 0 Å². The van der Waals surface area contributed by atoms with Crippen molar-refractivity contribution in [3.8, 4) is 5.75 Å². The maximum Gasteiger partial charge on any atom is 0.252 e. The smallest absolute Gasteiger partial charge is 0.252 e. The van der Waals surface area contributed by atoms with Gasteiger partial charge in [-0.2, -0.15) is 0 Å². The summed E-state index contributed by atoms with van der Waals surface area (Å²) in [6.07, 6.45) is 0. The first kappa shape index (κ1) is 15.4. The van der Waals surface area contributed by atoms with E-state index in [0.29, 0.717) is 30.2 Å². The average molecular weight is 349 g/mol. The number of nitrogen functional groups attached to an aromatic ring is 1. The molecule has 0 bridgehead atoms. The maximum atomic E-state index is 12.1. The summed E-state index contributed by atoms with van der Waals surface area (Å²) in [4.78, 5) is 12.1. The summed E-state index contributed by atoms with van der Waals surface area (Å²) in [5.74, 6) is 0.499. The largest absolute Gasteiger partial charge is 0.490 e. The number of amides is 1. The maximum absolute atomic E-state index is 12.1. The van der Waals surface area contributed by atoms with Crippen LogP contribution in [0.3, 0.4) is 0 Å². The number of hydrogen-bond donors (Lipinski definition) is 2. The second-order valence-corrected chi connectivity index (χ2v) is 5.48. The van der Waals surface area contributed by atoms with Crippen LogP contribution in [0.1, 0.15) is 15.9 Å². The standard InChI is InChI=1S/C16H17BrN2O2/c1-11-6-7-13(17)12(10-11)16(20)19-8-9-21-15-5-3-2-4-14(15)18/h2-7,10H,8-9,18H2,1H3,(H,19,20). The van der Waals surface area contributed by atoms with E-state index < -0.39 is 0 Å². The van der Waals surface area contributed by atoms with Gasteiger partial charge in [-0.25, -0.2) is 0 Å². The predicted octanol–water partition coefficient (Wildman–Crippen LogP) is 3.15. The topological polar surface area (TPSA) is 64.3 Å². The van der Waals surface area contributed by atoms with Crippen LogP contribution in [0.4, 0.5) is 5.69 Å². The van der Waals surface area contributed by atoms with Crippen molar-refractivity contribution in [2.24, 2.45) is 0 Å². The number of anilines is 1. The second kappa shape index (κ2) is 7.13. The molecule has 2 rings (SSSR count). The highest BCUT2D eigenvalue weighted by Gasteiger charge is 2.09. The molecule has 0 saturated carbocycles. The molecule has 0 radical (unpaired) electrons. The van der Waals surface area contributed by atoms with E-state index in [1.807, 2.05) is 37.3 Å². The van der Waals surface area contributed by atoms with Crippen LogP contribution >= 0.6 is 15.9 Å². The van der Waals surface area contributed by atoms with Crippen molar-refractivity contribution < 1.29 is 9.53 Å². The minimum absolute atomic E-state index is 0.129. The van der Waals surface area contributed by atoms with Crippen molar-refractivity contribution in [2.75, 3.05) is 18.9 Å². The number of hydrogen-bond acceptors (Lipinski definition) is 3. The Hall–Kier alpha value is -2.01. The first-order chi connectivity index (χ1) is 10.1. The lowest BCUT2D eigenvalue weighted by Crippen LogP contribution is -2.28. The van der Waals surface area contributed by atoms with Gasteiger partial charge in [0.05, 0.1) is 17.8 Å². The number of benzene rings is 2. The second-order valence-electron chi connectivity index (χ2n) is 4.63. The normalized spacial score (nSPS) is 10.2. The molecule has 0 fully saturated rings. The number of aryl methyl sites for hydroxylation is 1. The van der Waals surface area contributed by atoms with Crippen LogP contribution in [0.5, 0.6) is 5.75 Å². The molecule has 3 N–H and O–H groups in total. The van der Waals surface area contributed by atoms with Gasteiger partial charge < -0.3 is 15.8 Å². The lowest BCUT2D eigenvalue weighted by molar-refractivity contribution is 0.0946. The Morgan fingerprint density at radius 3 is 2.81 bits per heavy atom. The summed E-state index contributed by atoms with van der Waals surface area (Å²) in [7, 11) is 0. The van der Waals surface area contributed by atoms with Gasteiger partial charge in [0.2, 0.25) is 0 Å². The Labute approximate surface area is 132 Å². The number of carbonyl (C=O) groups is 1. The van der Waals surface area contributed by atoms with E-state index in [2.05, 4.69) is 21.2 Å². The van der Waals surface area contributed by atoms with Crippen molar-refractivity contribution >= 4 is 27.5 Å². The summed E-state index contributed by atoms with van der Waals surface area (Å²) < 4.78 is 6.30. The number of ether oxygens (including phenoxy) is 1. The fourth-order valence-corrected chi connectivity index (χ4v) is 2.27. The van der Waals surface area contributed by atoms with Gasteiger partial charge in [0.1, 0.15) is 12.4 Å². The molecule has 5 heteroatoms. The number of rotatable bonds is 5. The number of carbonyl (C=O) groups excluding carboxylic acids is 1. The van der Waals surface area contributed by atoms with Crippen molar-refractivity contribution in [3.63, 3.8) is 0 Å². The number of nitrogens with two attached hydrogens (primary N) is 1. The van der Waals surface area contributed by atoms with Gasteiger partial charge in [0.15, 0.2) is 0 Å². The zero-order chi connectivity index (χ0) is 15.2. The van der Waals surface area contributed by atoms with Crippen molar-refractivity contribution in [3.05, 3.63) is 58.1 Å². The molecule has 1 amide bonds. The fraction of sp³-hybridized carbons (Fsp3) is 0.188. The minimum Gasteiger partial charge on any atom is -0.490 e. The molecule has 0 aliphatic heterocycles. The summed E-state index contributed by atoms with van der Waals surface area (Å²) in [5, 5.41) is 2.82. The van der Waals surface area contributed by atoms with E-state index in [9.17, 15) is 4.79 Å². The molecule has 0 saturated heterocycles. The molecular weight excluding hydrogens is 332 g/mol. The average Bonchev–Trinajstić information content (AvgIpc) is 2.47. The Bertz CT molecular complexity index is 644. The quantitative estimate of drug-likeness (QED) is 0.644. The van der Waals surface area contributed by atoms with Crippen LogP contribution in [0, 0.1) is 6.92 Å². The van der Waals surface area contributed by atoms with Gasteiger partial charge in [-0.1, -0.05) is 23.8 Å². The zero-order valence-corrected chi connectivity index (χ0v) is 13.3. The van der Waals surface area contributed by atoms with Gasteiger partial charge >= 0.3 is 0 Å². The highest BCUT2D eigenvalue weighted by molar-refractivity contribution is 9.10. The molecule has 0 aromatic heterocycles. The molecule has 0 atom stereocenters. The molecule has 21 heavy (non-hydrogen) atoms. The van der Waals surface area contributed by atoms with Crippen LogP contribution in [0.15, 0.2) is 46.9 Å². The van der Waals surface area contributed by atoms with Gasteiger partial charge in [0.25, 0.3) is 5.91 Å². The summed E-state index contributed by atoms with van der Waals surface area (Å²) in [5.41, 5.74) is 8.02. The summed E-state index contributed by atoms with van der Waals surface area (Å²) in [6, 6.07) is 12.9. The molecule has 4 nitrogen and oxygen atoms in total. The lowest BCUT2D eigenvalue weighted by Gasteiger charge is -2.10. The lowest BCUT2D eigenvalue weighted by atomic mass is 10.1. The molecule has 0 spiro atoms. The van der Waals surface area contributed by atoms with E-state index in [4.69, 9.17) is 10.5 Å². The van der Waals surface area contributed by atoms with Gasteiger partial charge in [0, 0.05) is 4.47 Å². The van der Waals surface area contributed by atoms with Gasteiger partial charge in [-0.05, 0) is 47.1 Å². The monoisotopic (exact) mass is 348 g/mol. The van der Waals surface area contributed by atoms with Crippen molar-refractivity contribution in [1.29, 1.82) is 0 Å². The van der Waals surface area contributed by atoms with E-state index in [0.717, 1.165) is 10.0 Å². The predicted molar refractivity (Wildman–Crippen MR) is 87.6 cm³/mol. The molecule has 0 heterocycles. The Balaban J connectivity index is 1.85. The van der Waals surface area contributed by atoms with Crippen LogP contribution in [0.2, 0.25) is 0 Å². The number of halogens is 1. The van der Waals surface area contributed by atoms with E-state index in [1.54, 1.807) is 12.1 Å². The van der Waals surface area contributed by atoms with Crippen molar-refractivity contribution in [2.45, 2.75) is 6.92 Å². The molecular formula is C16H17BrN2O2. The molecule has 2 aromatic carbocycles. The highest BCUT2D eigenvalue weighted by Crippen LogP contribution is 2.19. The molecule has 0 aliphatic carbocycles. The minimum atomic E-state index is -0.129. The van der Waals surface area contributed by atoms with Crippen molar-refractivity contribution in [1.82, 2.24) is 5.32 Å². The van der Waals surface area contributed by atoms with E-state index in [1.165, 1.54) is 0 Å². The number of nitrogens with one attached hydrogen (secondary N) is 1. The first-order valence-corrected chi connectivity index (χ1v) is 7.39. The van der Waals surface area contributed by atoms with Crippen LogP contribution < -0.4 is 15.8 Å². The highest BCUT2D eigenvalue weighted by atomic mass is 79.9. The van der Waals surface area contributed by atoms with Crippen LogP contribution in [-0.4, -0.2) is 19.1 Å². The Morgan fingerprint density at radius 1 is 1.29 bits per heavy atom. The summed E-state index contributed by atoms with van der Waals surface area (Å²) in [6.45, 7) is 2.72.